The number of H-pyrrole nitrogens is 1. The summed E-state index contributed by atoms with van der Waals surface area (Å²) >= 11 is 0. The summed E-state index contributed by atoms with van der Waals surface area (Å²) in [4.78, 5) is 22.7. The molecular formula is C25H24FN3O3. The molecule has 2 aromatic heterocycles. The van der Waals surface area contributed by atoms with Crippen molar-refractivity contribution in [3.8, 4) is 5.75 Å². The number of pyridine rings is 1. The van der Waals surface area contributed by atoms with E-state index in [1.54, 1.807) is 11.0 Å². The fraction of sp³-hybridized carbons (Fsp3) is 0.280. The summed E-state index contributed by atoms with van der Waals surface area (Å²) in [5.74, 6) is -0.222. The van der Waals surface area contributed by atoms with Gasteiger partial charge in [0.05, 0.1) is 30.6 Å². The van der Waals surface area contributed by atoms with Crippen LogP contribution in [-0.2, 0) is 28.9 Å². The van der Waals surface area contributed by atoms with Crippen molar-refractivity contribution in [2.24, 2.45) is 0 Å². The first-order chi connectivity index (χ1) is 15.6. The quantitative estimate of drug-likeness (QED) is 0.517. The van der Waals surface area contributed by atoms with Crippen LogP contribution in [0.4, 0.5) is 4.39 Å². The van der Waals surface area contributed by atoms with E-state index in [-0.39, 0.29) is 18.3 Å². The average Bonchev–Trinajstić information content (AvgIpc) is 3.19. The summed E-state index contributed by atoms with van der Waals surface area (Å²) in [6.45, 7) is 1.13. The van der Waals surface area contributed by atoms with Crippen LogP contribution in [0.1, 0.15) is 22.5 Å². The van der Waals surface area contributed by atoms with E-state index < -0.39 is 5.82 Å². The fourth-order valence-corrected chi connectivity index (χ4v) is 4.58. The molecule has 164 valence electrons. The van der Waals surface area contributed by atoms with E-state index in [4.69, 9.17) is 14.5 Å². The molecule has 3 heterocycles. The molecule has 1 aliphatic heterocycles. The highest BCUT2D eigenvalue weighted by Crippen LogP contribution is 2.35. The van der Waals surface area contributed by atoms with Gasteiger partial charge in [0.15, 0.2) is 11.6 Å². The second-order valence-electron chi connectivity index (χ2n) is 8.05. The third kappa shape index (κ3) is 3.48. The number of rotatable bonds is 5. The van der Waals surface area contributed by atoms with Gasteiger partial charge in [-0.2, -0.15) is 0 Å². The number of para-hydroxylation sites is 1. The molecule has 5 rings (SSSR count). The maximum Gasteiger partial charge on any atom is 0.248 e. The number of hydrogen-bond donors (Lipinski definition) is 1. The van der Waals surface area contributed by atoms with Crippen LogP contribution < -0.4 is 4.74 Å². The van der Waals surface area contributed by atoms with Crippen molar-refractivity contribution < 1.29 is 18.7 Å². The smallest absolute Gasteiger partial charge is 0.248 e. The Morgan fingerprint density at radius 3 is 2.84 bits per heavy atom. The Labute approximate surface area is 185 Å². The van der Waals surface area contributed by atoms with Gasteiger partial charge in [-0.25, -0.2) is 4.39 Å². The van der Waals surface area contributed by atoms with Gasteiger partial charge in [-0.3, -0.25) is 9.78 Å². The Balaban J connectivity index is 1.64. The van der Waals surface area contributed by atoms with Gasteiger partial charge in [0.1, 0.15) is 6.61 Å². The number of carbonyl (C=O) groups is 1. The van der Waals surface area contributed by atoms with Gasteiger partial charge in [0, 0.05) is 36.4 Å². The topological polar surface area (TPSA) is 67.4 Å². The number of aromatic nitrogens is 2. The molecule has 0 radical (unpaired) electrons. The zero-order chi connectivity index (χ0) is 22.2. The Kier molecular flexibility index (Phi) is 5.27. The van der Waals surface area contributed by atoms with Gasteiger partial charge >= 0.3 is 0 Å². The molecule has 0 fully saturated rings. The summed E-state index contributed by atoms with van der Waals surface area (Å²) in [6.07, 6.45) is 1.19. The second kappa shape index (κ2) is 8.24. The van der Waals surface area contributed by atoms with Crippen molar-refractivity contribution in [2.45, 2.75) is 19.4 Å². The van der Waals surface area contributed by atoms with Gasteiger partial charge in [-0.1, -0.05) is 24.3 Å². The Morgan fingerprint density at radius 2 is 2.06 bits per heavy atom. The molecule has 1 aliphatic rings. The maximum absolute atomic E-state index is 14.3. The van der Waals surface area contributed by atoms with Gasteiger partial charge in [0.2, 0.25) is 5.91 Å². The average molecular weight is 433 g/mol. The molecule has 1 N–H and O–H groups in total. The molecule has 0 saturated heterocycles. The first-order valence-corrected chi connectivity index (χ1v) is 10.6. The lowest BCUT2D eigenvalue weighted by molar-refractivity contribution is -0.136. The van der Waals surface area contributed by atoms with Gasteiger partial charge < -0.3 is 19.4 Å². The van der Waals surface area contributed by atoms with E-state index in [1.165, 1.54) is 25.8 Å². The number of nitrogens with zero attached hydrogens (tertiary/aromatic N) is 2. The van der Waals surface area contributed by atoms with E-state index >= 15 is 0 Å². The van der Waals surface area contributed by atoms with Crippen LogP contribution in [0.25, 0.3) is 21.8 Å². The normalized spacial score (nSPS) is 13.5. The van der Waals surface area contributed by atoms with E-state index in [1.807, 2.05) is 18.2 Å². The minimum absolute atomic E-state index is 0.0438. The molecule has 0 aliphatic carbocycles. The summed E-state index contributed by atoms with van der Waals surface area (Å²) in [6, 6.07) is 13.2. The fourth-order valence-electron chi connectivity index (χ4n) is 4.58. The largest absolute Gasteiger partial charge is 0.494 e. The van der Waals surface area contributed by atoms with Crippen LogP contribution in [0.2, 0.25) is 0 Å². The number of fused-ring (bicyclic) bond motifs is 5. The summed E-state index contributed by atoms with van der Waals surface area (Å²) in [5, 5.41) is 2.29. The lowest BCUT2D eigenvalue weighted by atomic mass is 9.96. The third-order valence-electron chi connectivity index (χ3n) is 6.10. The molecule has 2 aromatic carbocycles. The number of halogens is 1. The van der Waals surface area contributed by atoms with Crippen molar-refractivity contribution in [3.05, 3.63) is 70.8 Å². The first kappa shape index (κ1) is 20.5. The minimum atomic E-state index is -0.396. The number of nitrogens with one attached hydrogen (secondary N) is 1. The molecule has 0 spiro atoms. The van der Waals surface area contributed by atoms with Gasteiger partial charge in [-0.05, 0) is 35.7 Å². The monoisotopic (exact) mass is 433 g/mol. The SMILES string of the molecule is COCC(=O)N1CCc2c(nc(Cc3ccc(OC)c(F)c3)c3[nH]c4ccccc4c23)C1. The van der Waals surface area contributed by atoms with Crippen LogP contribution >= 0.6 is 0 Å². The molecule has 1 amide bonds. The van der Waals surface area contributed by atoms with Crippen molar-refractivity contribution >= 4 is 27.7 Å². The summed E-state index contributed by atoms with van der Waals surface area (Å²) in [7, 11) is 2.98. The highest BCUT2D eigenvalue weighted by atomic mass is 19.1. The molecule has 0 unspecified atom stereocenters. The first-order valence-electron chi connectivity index (χ1n) is 10.6. The maximum atomic E-state index is 14.3. The van der Waals surface area contributed by atoms with Crippen molar-refractivity contribution in [3.63, 3.8) is 0 Å². The number of ether oxygens (including phenoxy) is 2. The van der Waals surface area contributed by atoms with Crippen LogP contribution in [0.15, 0.2) is 42.5 Å². The predicted molar refractivity (Wildman–Crippen MR) is 120 cm³/mol. The van der Waals surface area contributed by atoms with E-state index in [0.717, 1.165) is 45.2 Å². The van der Waals surface area contributed by atoms with E-state index in [0.29, 0.717) is 19.5 Å². The third-order valence-corrected chi connectivity index (χ3v) is 6.10. The lowest BCUT2D eigenvalue weighted by Crippen LogP contribution is -2.38. The molecule has 32 heavy (non-hydrogen) atoms. The number of hydrogen-bond acceptors (Lipinski definition) is 4. The molecule has 0 saturated carbocycles. The van der Waals surface area contributed by atoms with E-state index in [2.05, 4.69) is 17.1 Å². The van der Waals surface area contributed by atoms with Crippen LogP contribution in [0, 0.1) is 5.82 Å². The Bertz CT molecular complexity index is 1330. The zero-order valence-electron chi connectivity index (χ0n) is 18.1. The Hall–Kier alpha value is -3.45. The molecule has 4 aromatic rings. The second-order valence-corrected chi connectivity index (χ2v) is 8.05. The van der Waals surface area contributed by atoms with Crippen LogP contribution in [0.3, 0.4) is 0 Å². The predicted octanol–water partition coefficient (Wildman–Crippen LogP) is 3.99. The number of benzene rings is 2. The van der Waals surface area contributed by atoms with Crippen LogP contribution in [-0.4, -0.2) is 48.1 Å². The van der Waals surface area contributed by atoms with Crippen LogP contribution in [0.5, 0.6) is 5.75 Å². The Morgan fingerprint density at radius 1 is 1.22 bits per heavy atom. The minimum Gasteiger partial charge on any atom is -0.494 e. The molecule has 7 heteroatoms. The standard InChI is InChI=1S/C25H24FN3O3/c1-31-14-23(30)29-10-9-17-21(13-29)27-20(12-15-7-8-22(32-2)18(26)11-15)25-24(17)16-5-3-4-6-19(16)28-25/h3-8,11,28H,9-10,12-14H2,1-2H3. The number of amides is 1. The molecule has 0 atom stereocenters. The van der Waals surface area contributed by atoms with E-state index in [9.17, 15) is 9.18 Å². The van der Waals surface area contributed by atoms with Crippen molar-refractivity contribution in [1.82, 2.24) is 14.9 Å². The number of methoxy groups -OCH3 is 2. The summed E-state index contributed by atoms with van der Waals surface area (Å²) < 4.78 is 24.4. The highest BCUT2D eigenvalue weighted by molar-refractivity contribution is 6.10. The lowest BCUT2D eigenvalue weighted by Gasteiger charge is -2.29. The summed E-state index contributed by atoms with van der Waals surface area (Å²) in [5.41, 5.74) is 5.71. The zero-order valence-corrected chi connectivity index (χ0v) is 18.1. The van der Waals surface area contributed by atoms with Crippen molar-refractivity contribution in [2.75, 3.05) is 27.4 Å². The number of carbonyl (C=O) groups excluding carboxylic acids is 1. The van der Waals surface area contributed by atoms with Gasteiger partial charge in [0.25, 0.3) is 0 Å². The highest BCUT2D eigenvalue weighted by Gasteiger charge is 2.26. The number of aromatic amines is 1. The van der Waals surface area contributed by atoms with Crippen molar-refractivity contribution in [1.29, 1.82) is 0 Å². The molecule has 6 nitrogen and oxygen atoms in total. The molecular weight excluding hydrogens is 409 g/mol. The molecule has 0 bridgehead atoms. The van der Waals surface area contributed by atoms with Gasteiger partial charge in [-0.15, -0.1) is 0 Å².